The molecule has 2 N–H and O–H groups in total. The lowest BCUT2D eigenvalue weighted by Crippen LogP contribution is -2.37. The summed E-state index contributed by atoms with van der Waals surface area (Å²) in [6.07, 6.45) is 0.844. The van der Waals surface area contributed by atoms with Crippen molar-refractivity contribution in [2.75, 3.05) is 18.8 Å². The van der Waals surface area contributed by atoms with Crippen molar-refractivity contribution in [3.63, 3.8) is 0 Å². The topological polar surface area (TPSA) is 93.1 Å². The largest absolute Gasteiger partial charge is 0.355 e. The van der Waals surface area contributed by atoms with Crippen molar-refractivity contribution < 1.29 is 9.59 Å². The van der Waals surface area contributed by atoms with E-state index in [2.05, 4.69) is 29.5 Å². The van der Waals surface area contributed by atoms with Gasteiger partial charge in [0.15, 0.2) is 5.16 Å². The van der Waals surface area contributed by atoms with Gasteiger partial charge in [0.2, 0.25) is 11.8 Å². The van der Waals surface area contributed by atoms with Gasteiger partial charge in [0.05, 0.1) is 23.2 Å². The first-order chi connectivity index (χ1) is 12.9. The van der Waals surface area contributed by atoms with Gasteiger partial charge in [-0.3, -0.25) is 19.0 Å². The molecule has 0 radical (unpaired) electrons. The van der Waals surface area contributed by atoms with Crippen molar-refractivity contribution in [1.29, 1.82) is 0 Å². The maximum Gasteiger partial charge on any atom is 0.262 e. The van der Waals surface area contributed by atoms with Gasteiger partial charge >= 0.3 is 0 Å². The fraction of sp³-hybridized carbons (Fsp3) is 0.474. The predicted octanol–water partition coefficient (Wildman–Crippen LogP) is 1.79. The summed E-state index contributed by atoms with van der Waals surface area (Å²) in [5.74, 6) is 0.0328. The van der Waals surface area contributed by atoms with Gasteiger partial charge in [0.1, 0.15) is 0 Å². The third-order valence-electron chi connectivity index (χ3n) is 3.91. The van der Waals surface area contributed by atoms with Crippen molar-refractivity contribution in [1.82, 2.24) is 20.2 Å². The predicted molar refractivity (Wildman–Crippen MR) is 108 cm³/mol. The molecular weight excluding hydrogens is 364 g/mol. The Labute approximate surface area is 162 Å². The molecule has 2 aromatic rings. The first-order valence-electron chi connectivity index (χ1n) is 9.08. The molecule has 146 valence electrons. The second-order valence-electron chi connectivity index (χ2n) is 6.57. The number of nitrogens with zero attached hydrogens (tertiary/aromatic N) is 2. The third kappa shape index (κ3) is 6.09. The molecule has 0 aliphatic carbocycles. The summed E-state index contributed by atoms with van der Waals surface area (Å²) >= 11 is 1.21. The van der Waals surface area contributed by atoms with E-state index >= 15 is 0 Å². The van der Waals surface area contributed by atoms with E-state index in [4.69, 9.17) is 0 Å². The number of para-hydroxylation sites is 1. The lowest BCUT2D eigenvalue weighted by atomic mass is 10.1. The van der Waals surface area contributed by atoms with Crippen molar-refractivity contribution in [3.05, 3.63) is 34.6 Å². The Morgan fingerprint density at radius 2 is 1.93 bits per heavy atom. The molecule has 0 atom stereocenters. The number of hydrogen-bond acceptors (Lipinski definition) is 5. The fourth-order valence-electron chi connectivity index (χ4n) is 2.46. The highest BCUT2D eigenvalue weighted by Gasteiger charge is 2.14. The highest BCUT2D eigenvalue weighted by molar-refractivity contribution is 7.99. The van der Waals surface area contributed by atoms with Gasteiger partial charge in [-0.2, -0.15) is 0 Å². The lowest BCUT2D eigenvalue weighted by Gasteiger charge is -2.14. The Morgan fingerprint density at radius 1 is 1.19 bits per heavy atom. The lowest BCUT2D eigenvalue weighted by molar-refractivity contribution is -0.124. The minimum atomic E-state index is -0.274. The highest BCUT2D eigenvalue weighted by atomic mass is 32.2. The maximum absolute atomic E-state index is 12.8. The normalized spacial score (nSPS) is 11.0. The van der Waals surface area contributed by atoms with E-state index in [-0.39, 0.29) is 29.7 Å². The van der Waals surface area contributed by atoms with Crippen LogP contribution in [0, 0.1) is 5.92 Å². The molecule has 2 rings (SSSR count). The molecule has 2 amide bonds. The number of nitrogens with one attached hydrogen (secondary N) is 2. The van der Waals surface area contributed by atoms with Crippen LogP contribution in [-0.4, -0.2) is 40.2 Å². The highest BCUT2D eigenvalue weighted by Crippen LogP contribution is 2.18. The van der Waals surface area contributed by atoms with Crippen LogP contribution in [0.15, 0.2) is 34.2 Å². The van der Waals surface area contributed by atoms with Crippen LogP contribution >= 0.6 is 11.8 Å². The minimum absolute atomic E-state index is 0.0570. The molecule has 8 heteroatoms. The standard InChI is InChI=1S/C19H26N4O3S/c1-4-20-16(24)11-21-17(25)12-27-19-22-15-8-6-5-7-14(15)18(26)23(19)10-9-13(2)3/h5-8,13H,4,9-12H2,1-3H3,(H,20,24)(H,21,25). The Morgan fingerprint density at radius 3 is 2.63 bits per heavy atom. The van der Waals surface area contributed by atoms with E-state index in [1.807, 2.05) is 19.1 Å². The quantitative estimate of drug-likeness (QED) is 0.503. The van der Waals surface area contributed by atoms with Crippen LogP contribution in [0.5, 0.6) is 0 Å². The van der Waals surface area contributed by atoms with Crippen LogP contribution in [0.2, 0.25) is 0 Å². The average molecular weight is 391 g/mol. The molecule has 1 aromatic carbocycles. The van der Waals surface area contributed by atoms with Crippen molar-refractivity contribution >= 4 is 34.5 Å². The van der Waals surface area contributed by atoms with Crippen LogP contribution in [-0.2, 0) is 16.1 Å². The van der Waals surface area contributed by atoms with Crippen LogP contribution in [0.1, 0.15) is 27.2 Å². The van der Waals surface area contributed by atoms with Gasteiger partial charge in [-0.05, 0) is 31.4 Å². The SMILES string of the molecule is CCNC(=O)CNC(=O)CSc1nc2ccccc2c(=O)n1CCC(C)C. The molecular formula is C19H26N4O3S. The number of amides is 2. The van der Waals surface area contributed by atoms with E-state index in [9.17, 15) is 14.4 Å². The van der Waals surface area contributed by atoms with Gasteiger partial charge in [-0.25, -0.2) is 4.98 Å². The summed E-state index contributed by atoms with van der Waals surface area (Å²) in [7, 11) is 0. The number of aromatic nitrogens is 2. The molecule has 0 bridgehead atoms. The van der Waals surface area contributed by atoms with Crippen LogP contribution in [0.3, 0.4) is 0 Å². The average Bonchev–Trinajstić information content (AvgIpc) is 2.64. The molecule has 0 fully saturated rings. The smallest absolute Gasteiger partial charge is 0.262 e. The number of hydrogen-bond donors (Lipinski definition) is 2. The number of benzene rings is 1. The molecule has 1 heterocycles. The van der Waals surface area contributed by atoms with Gasteiger partial charge < -0.3 is 10.6 Å². The molecule has 0 aliphatic heterocycles. The summed E-state index contributed by atoms with van der Waals surface area (Å²) in [5, 5.41) is 6.29. The van der Waals surface area contributed by atoms with Crippen LogP contribution < -0.4 is 16.2 Å². The van der Waals surface area contributed by atoms with Crippen LogP contribution in [0.25, 0.3) is 10.9 Å². The summed E-state index contributed by atoms with van der Waals surface area (Å²) < 4.78 is 1.64. The molecule has 0 unspecified atom stereocenters. The van der Waals surface area contributed by atoms with E-state index in [0.29, 0.717) is 35.1 Å². The zero-order chi connectivity index (χ0) is 19.8. The van der Waals surface area contributed by atoms with Crippen molar-refractivity contribution in [2.45, 2.75) is 38.9 Å². The number of carbonyl (C=O) groups excluding carboxylic acids is 2. The molecule has 1 aromatic heterocycles. The summed E-state index contributed by atoms with van der Waals surface area (Å²) in [6, 6.07) is 7.22. The number of fused-ring (bicyclic) bond motifs is 1. The number of likely N-dealkylation sites (N-methyl/N-ethyl adjacent to an activating group) is 1. The van der Waals surface area contributed by atoms with E-state index in [1.165, 1.54) is 11.8 Å². The summed E-state index contributed by atoms with van der Waals surface area (Å²) in [4.78, 5) is 40.9. The first kappa shape index (κ1) is 21.0. The second kappa shape index (κ2) is 10.1. The Hall–Kier alpha value is -2.35. The Bertz CT molecular complexity index is 864. The van der Waals surface area contributed by atoms with Crippen molar-refractivity contribution in [3.8, 4) is 0 Å². The Kier molecular flexibility index (Phi) is 7.84. The molecule has 7 nitrogen and oxygen atoms in total. The number of rotatable bonds is 9. The Balaban J connectivity index is 2.15. The maximum atomic E-state index is 12.8. The zero-order valence-electron chi connectivity index (χ0n) is 15.9. The number of thioether (sulfide) groups is 1. The van der Waals surface area contributed by atoms with Gasteiger partial charge in [0.25, 0.3) is 5.56 Å². The molecule has 0 spiro atoms. The summed E-state index contributed by atoms with van der Waals surface area (Å²) in [5.41, 5.74) is 0.528. The molecule has 0 saturated carbocycles. The number of carbonyl (C=O) groups is 2. The molecule has 0 aliphatic rings. The van der Waals surface area contributed by atoms with E-state index in [0.717, 1.165) is 6.42 Å². The first-order valence-corrected chi connectivity index (χ1v) is 10.1. The van der Waals surface area contributed by atoms with E-state index in [1.54, 1.807) is 16.7 Å². The van der Waals surface area contributed by atoms with Gasteiger partial charge in [0, 0.05) is 13.1 Å². The van der Waals surface area contributed by atoms with Crippen molar-refractivity contribution in [2.24, 2.45) is 5.92 Å². The fourth-order valence-corrected chi connectivity index (χ4v) is 3.32. The zero-order valence-corrected chi connectivity index (χ0v) is 16.8. The third-order valence-corrected chi connectivity index (χ3v) is 4.89. The van der Waals surface area contributed by atoms with Crippen LogP contribution in [0.4, 0.5) is 0 Å². The monoisotopic (exact) mass is 390 g/mol. The van der Waals surface area contributed by atoms with E-state index < -0.39 is 0 Å². The second-order valence-corrected chi connectivity index (χ2v) is 7.51. The minimum Gasteiger partial charge on any atom is -0.355 e. The summed E-state index contributed by atoms with van der Waals surface area (Å²) in [6.45, 7) is 7.03. The van der Waals surface area contributed by atoms with Gasteiger partial charge in [-0.15, -0.1) is 0 Å². The molecule has 27 heavy (non-hydrogen) atoms. The van der Waals surface area contributed by atoms with Gasteiger partial charge in [-0.1, -0.05) is 37.7 Å². The molecule has 0 saturated heterocycles.